The zero-order valence-electron chi connectivity index (χ0n) is 37.5. The van der Waals surface area contributed by atoms with E-state index in [0.717, 1.165) is 35.2 Å². The molecule has 10 rings (SSSR count). The number of hydrogen-bond acceptors (Lipinski definition) is 3. The predicted molar refractivity (Wildman–Crippen MR) is 275 cm³/mol. The summed E-state index contributed by atoms with van der Waals surface area (Å²) in [6, 6.07) is 45.7. The molecule has 0 amide bonds. The second-order valence-electron chi connectivity index (χ2n) is 18.1. The van der Waals surface area contributed by atoms with Gasteiger partial charge >= 0.3 is 0 Å². The summed E-state index contributed by atoms with van der Waals surface area (Å²) < 4.78 is 15.6. The molecule has 320 valence electrons. The number of hydrogen-bond donors (Lipinski definition) is 0. The summed E-state index contributed by atoms with van der Waals surface area (Å²) >= 11 is 1.34. The summed E-state index contributed by atoms with van der Waals surface area (Å²) in [5, 5.41) is 10.4. The Hall–Kier alpha value is -5.52. The summed E-state index contributed by atoms with van der Waals surface area (Å²) in [7, 11) is 0. The molecule has 10 aromatic rings. The highest BCUT2D eigenvalue weighted by atomic mass is 32.1. The first-order valence-corrected chi connectivity index (χ1v) is 25.1. The summed E-state index contributed by atoms with van der Waals surface area (Å²) in [5.74, 6) is 0. The van der Waals surface area contributed by atoms with E-state index < -0.39 is 0 Å². The van der Waals surface area contributed by atoms with Crippen LogP contribution in [0.5, 0.6) is 0 Å². The Morgan fingerprint density at radius 2 is 0.746 bits per heavy atom. The summed E-state index contributed by atoms with van der Waals surface area (Å²) in [6.07, 6.45) is 21.0. The van der Waals surface area contributed by atoms with Gasteiger partial charge in [0, 0.05) is 67.6 Å². The van der Waals surface area contributed by atoms with E-state index in [-0.39, 0.29) is 0 Å². The van der Waals surface area contributed by atoms with Crippen molar-refractivity contribution in [2.24, 2.45) is 0 Å². The van der Waals surface area contributed by atoms with Gasteiger partial charge in [-0.05, 0) is 59.0 Å². The van der Waals surface area contributed by atoms with Gasteiger partial charge in [0.1, 0.15) is 11.0 Å². The van der Waals surface area contributed by atoms with Crippen LogP contribution in [0.15, 0.2) is 121 Å². The Bertz CT molecular complexity index is 2970. The third-order valence-corrected chi connectivity index (χ3v) is 14.5. The topological polar surface area (TPSA) is 35.6 Å². The smallest absolute Gasteiger partial charge is 0.113 e. The number of rotatable bonds is 20. The number of aromatic nitrogens is 4. The van der Waals surface area contributed by atoms with Gasteiger partial charge in [0.25, 0.3) is 0 Å². The van der Waals surface area contributed by atoms with Gasteiger partial charge in [0.05, 0.1) is 22.8 Å². The van der Waals surface area contributed by atoms with E-state index in [1.165, 1.54) is 191 Å². The van der Waals surface area contributed by atoms with Crippen LogP contribution >= 0.6 is 11.7 Å². The van der Waals surface area contributed by atoms with Crippen molar-refractivity contribution in [3.63, 3.8) is 0 Å². The monoisotopic (exact) mass is 846 g/mol. The van der Waals surface area contributed by atoms with Crippen LogP contribution in [0.4, 0.5) is 0 Å². The lowest BCUT2D eigenvalue weighted by atomic mass is 9.90. The van der Waals surface area contributed by atoms with Crippen LogP contribution < -0.4 is 0 Å². The molecule has 0 aliphatic rings. The van der Waals surface area contributed by atoms with Gasteiger partial charge in [-0.1, -0.05) is 201 Å². The van der Waals surface area contributed by atoms with Gasteiger partial charge in [-0.3, -0.25) is 0 Å². The summed E-state index contributed by atoms with van der Waals surface area (Å²) in [4.78, 5) is 0. The van der Waals surface area contributed by atoms with E-state index in [2.05, 4.69) is 144 Å². The van der Waals surface area contributed by atoms with Crippen molar-refractivity contribution in [2.45, 2.75) is 130 Å². The fourth-order valence-electron chi connectivity index (χ4n) is 10.8. The highest BCUT2D eigenvalue weighted by molar-refractivity contribution is 7.00. The minimum Gasteiger partial charge on any atom is -0.340 e. The lowest BCUT2D eigenvalue weighted by Crippen LogP contribution is -1.99. The molecule has 0 N–H and O–H groups in total. The van der Waals surface area contributed by atoms with Crippen molar-refractivity contribution in [2.75, 3.05) is 0 Å². The second-order valence-corrected chi connectivity index (χ2v) is 18.7. The molecule has 5 heteroatoms. The van der Waals surface area contributed by atoms with Crippen LogP contribution in [0.3, 0.4) is 0 Å². The molecule has 0 spiro atoms. The minimum atomic E-state index is 0.984. The van der Waals surface area contributed by atoms with E-state index in [1.807, 2.05) is 0 Å². The Morgan fingerprint density at radius 1 is 0.381 bits per heavy atom. The normalized spacial score (nSPS) is 12.2. The van der Waals surface area contributed by atoms with Crippen LogP contribution in [-0.4, -0.2) is 17.9 Å². The number of aryl methyl sites for hydroxylation is 2. The predicted octanol–water partition coefficient (Wildman–Crippen LogP) is 17.8. The molecule has 0 saturated carbocycles. The van der Waals surface area contributed by atoms with Gasteiger partial charge in [0.15, 0.2) is 0 Å². The lowest BCUT2D eigenvalue weighted by Gasteiger charge is -2.15. The molecule has 3 aromatic heterocycles. The molecule has 0 atom stereocenters. The average Bonchev–Trinajstić information content (AvgIpc) is 4.04. The first-order valence-electron chi connectivity index (χ1n) is 24.4. The first kappa shape index (κ1) is 41.5. The largest absolute Gasteiger partial charge is 0.340 e. The fourth-order valence-corrected chi connectivity index (χ4v) is 11.4. The molecule has 0 unspecified atom stereocenters. The van der Waals surface area contributed by atoms with Crippen LogP contribution in [0.25, 0.3) is 98.4 Å². The highest BCUT2D eigenvalue weighted by Gasteiger charge is 2.24. The molecule has 7 aromatic carbocycles. The Morgan fingerprint density at radius 3 is 1.17 bits per heavy atom. The third kappa shape index (κ3) is 7.92. The fraction of sp³-hybridized carbons (Fsp3) is 0.345. The summed E-state index contributed by atoms with van der Waals surface area (Å²) in [5.41, 5.74) is 12.1. The SMILES string of the molecule is CCCCCCCCCCn1c2ccccc2c2c(-c3ccc(-c4cc5ccccc5c5c4c4ccccc4n5CCCCCCCCCC)c4nsnc34)cc3ccccc3c21. The minimum absolute atomic E-state index is 0.984. The van der Waals surface area contributed by atoms with E-state index in [4.69, 9.17) is 8.75 Å². The van der Waals surface area contributed by atoms with Crippen molar-refractivity contribution in [3.8, 4) is 22.3 Å². The van der Waals surface area contributed by atoms with E-state index in [0.29, 0.717) is 0 Å². The van der Waals surface area contributed by atoms with Crippen molar-refractivity contribution < 1.29 is 0 Å². The van der Waals surface area contributed by atoms with Crippen molar-refractivity contribution >= 4 is 87.9 Å². The van der Waals surface area contributed by atoms with Crippen molar-refractivity contribution in [1.29, 1.82) is 0 Å². The molecule has 3 heterocycles. The third-order valence-electron chi connectivity index (χ3n) is 14.0. The maximum atomic E-state index is 5.16. The maximum Gasteiger partial charge on any atom is 0.113 e. The number of para-hydroxylation sites is 2. The van der Waals surface area contributed by atoms with Gasteiger partial charge in [-0.2, -0.15) is 8.75 Å². The zero-order chi connectivity index (χ0) is 42.5. The van der Waals surface area contributed by atoms with E-state index in [1.54, 1.807) is 0 Å². The lowest BCUT2D eigenvalue weighted by molar-refractivity contribution is 0.553. The number of fused-ring (bicyclic) bond motifs is 11. The quantitative estimate of drug-likeness (QED) is 0.0717. The van der Waals surface area contributed by atoms with E-state index in [9.17, 15) is 0 Å². The van der Waals surface area contributed by atoms with E-state index >= 15 is 0 Å². The molecule has 0 aliphatic heterocycles. The number of benzene rings is 7. The molecule has 0 fully saturated rings. The average molecular weight is 847 g/mol. The van der Waals surface area contributed by atoms with Crippen LogP contribution in [0.1, 0.15) is 117 Å². The number of nitrogens with zero attached hydrogens (tertiary/aromatic N) is 4. The number of unbranched alkanes of at least 4 members (excludes halogenated alkanes) is 14. The molecule has 0 aliphatic carbocycles. The molecule has 0 saturated heterocycles. The molecule has 4 nitrogen and oxygen atoms in total. The van der Waals surface area contributed by atoms with Gasteiger partial charge in [0.2, 0.25) is 0 Å². The Labute approximate surface area is 377 Å². The van der Waals surface area contributed by atoms with Gasteiger partial charge in [-0.25, -0.2) is 0 Å². The van der Waals surface area contributed by atoms with Crippen LogP contribution in [-0.2, 0) is 13.1 Å². The van der Waals surface area contributed by atoms with Crippen LogP contribution in [0, 0.1) is 0 Å². The van der Waals surface area contributed by atoms with Gasteiger partial charge < -0.3 is 9.13 Å². The first-order chi connectivity index (χ1) is 31.3. The zero-order valence-corrected chi connectivity index (χ0v) is 38.3. The maximum absolute atomic E-state index is 5.16. The van der Waals surface area contributed by atoms with Crippen LogP contribution in [0.2, 0.25) is 0 Å². The Balaban J connectivity index is 1.09. The van der Waals surface area contributed by atoms with Crippen molar-refractivity contribution in [1.82, 2.24) is 17.9 Å². The Kier molecular flexibility index (Phi) is 12.6. The summed E-state index contributed by atoms with van der Waals surface area (Å²) in [6.45, 7) is 6.63. The molecule has 0 bridgehead atoms. The van der Waals surface area contributed by atoms with Crippen molar-refractivity contribution in [3.05, 3.63) is 121 Å². The van der Waals surface area contributed by atoms with Gasteiger partial charge in [-0.15, -0.1) is 0 Å². The second kappa shape index (κ2) is 19.1. The molecule has 63 heavy (non-hydrogen) atoms. The highest BCUT2D eigenvalue weighted by Crippen LogP contribution is 2.47. The standard InChI is InChI=1S/C58H62N4S/c1-3-5-7-9-11-13-15-25-37-61-51-33-23-21-31-47(51)53-49(39-41-27-17-19-29-43(41)57(53)61)45-35-36-46(56-55(45)59-63-60-56)50-40-42-28-18-20-30-44(42)58-54(50)48-32-22-24-34-52(48)62(58)38-26-16-14-12-10-8-6-4-2/h17-24,27-36,39-40H,3-16,25-26,37-38H2,1-2H3. The molecule has 0 radical (unpaired) electrons. The molecular weight excluding hydrogens is 785 g/mol. The molecular formula is C58H62N4S.